The maximum atomic E-state index is 11.2. The summed E-state index contributed by atoms with van der Waals surface area (Å²) in [5.74, 6) is -0.378. The van der Waals surface area contributed by atoms with Crippen LogP contribution >= 0.6 is 11.3 Å². The van der Waals surface area contributed by atoms with E-state index in [1.165, 1.54) is 17.8 Å². The van der Waals surface area contributed by atoms with Gasteiger partial charge in [0.15, 0.2) is 4.88 Å². The van der Waals surface area contributed by atoms with Crippen molar-refractivity contribution in [3.05, 3.63) is 16.3 Å². The number of morpholine rings is 1. The van der Waals surface area contributed by atoms with Crippen LogP contribution in [0.3, 0.4) is 0 Å². The second kappa shape index (κ2) is 6.77. The van der Waals surface area contributed by atoms with Gasteiger partial charge in [-0.25, -0.2) is 4.79 Å². The summed E-state index contributed by atoms with van der Waals surface area (Å²) in [7, 11) is 0. The highest BCUT2D eigenvalue weighted by Gasteiger charge is 2.33. The highest BCUT2D eigenvalue weighted by molar-refractivity contribution is 7.12. The van der Waals surface area contributed by atoms with Gasteiger partial charge in [-0.3, -0.25) is 4.90 Å². The average molecular weight is 311 g/mol. The molecule has 6 heteroatoms. The number of rotatable bonds is 4. The number of nitrogens with zero attached hydrogens (tertiary/aromatic N) is 1. The molecule has 1 aromatic rings. The first-order valence-corrected chi connectivity index (χ1v) is 8.43. The molecule has 1 saturated heterocycles. The molecule has 0 spiro atoms. The van der Waals surface area contributed by atoms with Gasteiger partial charge in [-0.15, -0.1) is 11.3 Å². The van der Waals surface area contributed by atoms with Gasteiger partial charge >= 0.3 is 5.97 Å². The Morgan fingerprint density at radius 1 is 1.33 bits per heavy atom. The molecule has 116 valence electrons. The second-order valence-corrected chi connectivity index (χ2v) is 6.49. The molecule has 3 rings (SSSR count). The Morgan fingerprint density at radius 2 is 2.10 bits per heavy atom. The Kier molecular flexibility index (Phi) is 4.77. The molecular weight excluding hydrogens is 290 g/mol. The van der Waals surface area contributed by atoms with Gasteiger partial charge in [0.05, 0.1) is 13.2 Å². The predicted octanol–water partition coefficient (Wildman–Crippen LogP) is 2.47. The van der Waals surface area contributed by atoms with Gasteiger partial charge < -0.3 is 14.6 Å². The molecule has 1 aliphatic heterocycles. The number of hydrogen-bond donors (Lipinski definition) is 1. The Hall–Kier alpha value is -1.11. The average Bonchev–Trinajstić information content (AvgIpc) is 2.97. The van der Waals surface area contributed by atoms with Crippen LogP contribution in [0.15, 0.2) is 11.4 Å². The molecule has 0 aromatic carbocycles. The third-order valence-electron chi connectivity index (χ3n) is 4.28. The first-order valence-electron chi connectivity index (χ1n) is 7.55. The zero-order chi connectivity index (χ0) is 14.7. The summed E-state index contributed by atoms with van der Waals surface area (Å²) in [6.45, 7) is 3.45. The molecule has 1 N–H and O–H groups in total. The van der Waals surface area contributed by atoms with Crippen molar-refractivity contribution in [3.63, 3.8) is 0 Å². The first-order chi connectivity index (χ1) is 10.3. The number of carboxylic acids is 1. The lowest BCUT2D eigenvalue weighted by molar-refractivity contribution is -0.0282. The molecule has 0 bridgehead atoms. The molecule has 1 aliphatic carbocycles. The fraction of sp³-hybridized carbons (Fsp3) is 0.667. The van der Waals surface area contributed by atoms with Crippen LogP contribution in [-0.4, -0.2) is 54.4 Å². The van der Waals surface area contributed by atoms with Gasteiger partial charge in [0.25, 0.3) is 0 Å². The number of ether oxygens (including phenoxy) is 2. The standard InChI is InChI=1S/C15H21NO4S/c17-15(18)14-13(5-10-21-14)20-12-4-2-1-3-11(12)16-6-8-19-9-7-16/h5,10-12H,1-4,6-9H2,(H,17,18). The maximum absolute atomic E-state index is 11.2. The molecule has 2 aliphatic rings. The van der Waals surface area contributed by atoms with Gasteiger partial charge in [-0.05, 0) is 30.7 Å². The minimum Gasteiger partial charge on any atom is -0.487 e. The third-order valence-corrected chi connectivity index (χ3v) is 5.17. The van der Waals surface area contributed by atoms with Gasteiger partial charge in [0.2, 0.25) is 0 Å². The monoisotopic (exact) mass is 311 g/mol. The van der Waals surface area contributed by atoms with Crippen LogP contribution in [0.1, 0.15) is 35.4 Å². The van der Waals surface area contributed by atoms with E-state index in [4.69, 9.17) is 9.47 Å². The van der Waals surface area contributed by atoms with Crippen molar-refractivity contribution >= 4 is 17.3 Å². The number of carbonyl (C=O) groups is 1. The lowest BCUT2D eigenvalue weighted by Gasteiger charge is -2.41. The summed E-state index contributed by atoms with van der Waals surface area (Å²) in [5, 5.41) is 11.0. The van der Waals surface area contributed by atoms with Gasteiger partial charge in [0.1, 0.15) is 11.9 Å². The van der Waals surface area contributed by atoms with Gasteiger partial charge in [0, 0.05) is 19.1 Å². The van der Waals surface area contributed by atoms with E-state index < -0.39 is 5.97 Å². The SMILES string of the molecule is O=C(O)c1sccc1OC1CCCCC1N1CCOCC1. The van der Waals surface area contributed by atoms with E-state index in [0.717, 1.165) is 45.6 Å². The van der Waals surface area contributed by atoms with Crippen LogP contribution in [0, 0.1) is 0 Å². The van der Waals surface area contributed by atoms with Crippen molar-refractivity contribution in [2.75, 3.05) is 26.3 Å². The first kappa shape index (κ1) is 14.8. The summed E-state index contributed by atoms with van der Waals surface area (Å²) in [5.41, 5.74) is 0. The summed E-state index contributed by atoms with van der Waals surface area (Å²) in [4.78, 5) is 14.0. The number of carboxylic acid groups (broad SMARTS) is 1. The van der Waals surface area contributed by atoms with Crippen molar-refractivity contribution in [3.8, 4) is 5.75 Å². The molecule has 1 aromatic heterocycles. The zero-order valence-corrected chi connectivity index (χ0v) is 12.8. The van der Waals surface area contributed by atoms with E-state index in [2.05, 4.69) is 4.90 Å². The van der Waals surface area contributed by atoms with E-state index in [1.807, 2.05) is 0 Å². The molecular formula is C15H21NO4S. The molecule has 2 unspecified atom stereocenters. The van der Waals surface area contributed by atoms with Crippen LogP contribution in [-0.2, 0) is 4.74 Å². The topological polar surface area (TPSA) is 59.0 Å². The molecule has 2 atom stereocenters. The molecule has 2 heterocycles. The minimum absolute atomic E-state index is 0.0875. The summed E-state index contributed by atoms with van der Waals surface area (Å²) < 4.78 is 11.5. The molecule has 1 saturated carbocycles. The maximum Gasteiger partial charge on any atom is 0.349 e. The van der Waals surface area contributed by atoms with Crippen LogP contribution < -0.4 is 4.74 Å². The molecule has 21 heavy (non-hydrogen) atoms. The van der Waals surface area contributed by atoms with Crippen molar-refractivity contribution in [2.24, 2.45) is 0 Å². The Balaban J connectivity index is 1.71. The second-order valence-electron chi connectivity index (χ2n) is 5.58. The van der Waals surface area contributed by atoms with Crippen LogP contribution in [0.25, 0.3) is 0 Å². The number of thiophene rings is 1. The van der Waals surface area contributed by atoms with Gasteiger partial charge in [-0.1, -0.05) is 6.42 Å². The Morgan fingerprint density at radius 3 is 2.86 bits per heavy atom. The minimum atomic E-state index is -0.904. The zero-order valence-electron chi connectivity index (χ0n) is 12.0. The van der Waals surface area contributed by atoms with Crippen LogP contribution in [0.5, 0.6) is 5.75 Å². The van der Waals surface area contributed by atoms with Gasteiger partial charge in [-0.2, -0.15) is 0 Å². The molecule has 0 radical (unpaired) electrons. The quantitative estimate of drug-likeness (QED) is 0.925. The fourth-order valence-corrected chi connectivity index (χ4v) is 3.91. The van der Waals surface area contributed by atoms with E-state index in [0.29, 0.717) is 16.7 Å². The van der Waals surface area contributed by atoms with Crippen molar-refractivity contribution in [1.82, 2.24) is 4.90 Å². The summed E-state index contributed by atoms with van der Waals surface area (Å²) in [6.07, 6.45) is 4.58. The normalized spacial score (nSPS) is 27.4. The molecule has 5 nitrogen and oxygen atoms in total. The predicted molar refractivity (Wildman–Crippen MR) is 80.3 cm³/mol. The van der Waals surface area contributed by atoms with Crippen LogP contribution in [0.2, 0.25) is 0 Å². The highest BCUT2D eigenvalue weighted by atomic mass is 32.1. The number of aromatic carboxylic acids is 1. The third kappa shape index (κ3) is 3.39. The van der Waals surface area contributed by atoms with Crippen LogP contribution in [0.4, 0.5) is 0 Å². The smallest absolute Gasteiger partial charge is 0.349 e. The highest BCUT2D eigenvalue weighted by Crippen LogP contribution is 2.31. The molecule has 0 amide bonds. The number of hydrogen-bond acceptors (Lipinski definition) is 5. The van der Waals surface area contributed by atoms with Crippen molar-refractivity contribution in [1.29, 1.82) is 0 Å². The largest absolute Gasteiger partial charge is 0.487 e. The van der Waals surface area contributed by atoms with E-state index >= 15 is 0 Å². The van der Waals surface area contributed by atoms with E-state index in [1.54, 1.807) is 11.4 Å². The summed E-state index contributed by atoms with van der Waals surface area (Å²) >= 11 is 1.22. The molecule has 2 fully saturated rings. The van der Waals surface area contributed by atoms with Crippen molar-refractivity contribution < 1.29 is 19.4 Å². The Bertz CT molecular complexity index is 484. The Labute approximate surface area is 128 Å². The van der Waals surface area contributed by atoms with E-state index in [-0.39, 0.29) is 6.10 Å². The van der Waals surface area contributed by atoms with E-state index in [9.17, 15) is 9.90 Å². The van der Waals surface area contributed by atoms with Crippen molar-refractivity contribution in [2.45, 2.75) is 37.8 Å². The lowest BCUT2D eigenvalue weighted by Crippen LogP contribution is -2.52. The lowest BCUT2D eigenvalue weighted by atomic mass is 9.91. The fourth-order valence-electron chi connectivity index (χ4n) is 3.25. The summed E-state index contributed by atoms with van der Waals surface area (Å²) in [6, 6.07) is 2.16.